The summed E-state index contributed by atoms with van der Waals surface area (Å²) >= 11 is 0. The molecule has 8 bridgehead atoms. The molecule has 13 rings (SSSR count). The number of aliphatic hydroxyl groups excluding tert-OH is 4. The van der Waals surface area contributed by atoms with Crippen LogP contribution >= 0.6 is 0 Å². The minimum Gasteiger partial charge on any atom is -0.393 e. The summed E-state index contributed by atoms with van der Waals surface area (Å²) in [5.74, 6) is -44.0. The average Bonchev–Trinajstić information content (AvgIpc) is 0.783. The number of ketones is 16. The zero-order chi connectivity index (χ0) is 108. The van der Waals surface area contributed by atoms with Crippen molar-refractivity contribution in [1.29, 1.82) is 0 Å². The molecule has 6 aliphatic rings. The van der Waals surface area contributed by atoms with Gasteiger partial charge in [0.05, 0.1) is 49.2 Å². The second-order valence-corrected chi connectivity index (χ2v) is 37.2. The minimum atomic E-state index is -4.32. The maximum absolute atomic E-state index is 14.3. The predicted molar refractivity (Wildman–Crippen MR) is 490 cm³/mol. The first kappa shape index (κ1) is 108. The van der Waals surface area contributed by atoms with Crippen LogP contribution in [0.15, 0.2) is 121 Å². The molecular weight excluding hydrogens is 1900 g/mol. The van der Waals surface area contributed by atoms with Crippen molar-refractivity contribution in [3.05, 3.63) is 166 Å². The van der Waals surface area contributed by atoms with E-state index in [1.54, 1.807) is 0 Å². The lowest BCUT2D eigenvalue weighted by Crippen LogP contribution is -2.92. The molecule has 0 aliphatic carbocycles. The maximum Gasteiger partial charge on any atom is 0.234 e. The van der Waals surface area contributed by atoms with Crippen molar-refractivity contribution < 1.29 is 198 Å². The molecule has 0 saturated carbocycles. The number of rotatable bonds is 28. The first-order valence-corrected chi connectivity index (χ1v) is 44.0. The Morgan fingerprint density at radius 1 is 0.208 bits per heavy atom. The highest BCUT2D eigenvalue weighted by Crippen LogP contribution is 2.65. The van der Waals surface area contributed by atoms with Crippen molar-refractivity contribution in [3.8, 4) is 44.5 Å². The summed E-state index contributed by atoms with van der Waals surface area (Å²) in [6, 6.07) is 21.4. The van der Waals surface area contributed by atoms with Crippen molar-refractivity contribution in [2.45, 2.75) is 224 Å². The van der Waals surface area contributed by atoms with E-state index in [1.807, 2.05) is 0 Å². The monoisotopic (exact) mass is 2000 g/mol. The van der Waals surface area contributed by atoms with Crippen molar-refractivity contribution >= 4 is 139 Å². The second-order valence-electron chi connectivity index (χ2n) is 37.2. The van der Waals surface area contributed by atoms with Crippen LogP contribution < -0.4 is 0 Å². The number of aromatic nitrogens is 4. The van der Waals surface area contributed by atoms with E-state index in [2.05, 4.69) is 9.97 Å². The fraction of sp³-hybridized carbons (Fsp3) is 0.400. The largest absolute Gasteiger partial charge is 0.393 e. The zero-order valence-electron chi connectivity index (χ0n) is 79.7. The van der Waals surface area contributed by atoms with Crippen molar-refractivity contribution in [2.24, 2.45) is 0 Å². The number of carbonyl (C=O) groups is 16. The molecular formula is C100H102N4O40. The summed E-state index contributed by atoms with van der Waals surface area (Å²) < 4.78 is 23.5. The Morgan fingerprint density at radius 2 is 0.347 bits per heavy atom. The van der Waals surface area contributed by atoms with Gasteiger partial charge in [-0.25, -0.2) is 9.97 Å². The van der Waals surface area contributed by atoms with E-state index in [4.69, 9.17) is 28.9 Å². The van der Waals surface area contributed by atoms with Gasteiger partial charge in [-0.2, -0.15) is 0 Å². The number of hydrogen-bond acceptors (Lipinski definition) is 42. The molecule has 4 saturated heterocycles. The number of fused-ring (bicyclic) bond motifs is 8. The number of carbonyl (C=O) groups excluding carboxylic acids is 16. The molecule has 762 valence electrons. The van der Waals surface area contributed by atoms with Gasteiger partial charge in [0.1, 0.15) is 0 Å². The van der Waals surface area contributed by atoms with Gasteiger partial charge in [0.2, 0.25) is 90.4 Å². The summed E-state index contributed by atoms with van der Waals surface area (Å²) in [5, 5.41) is 250. The smallest absolute Gasteiger partial charge is 0.234 e. The van der Waals surface area contributed by atoms with E-state index < -0.39 is 254 Å². The molecule has 44 nitrogen and oxygen atoms in total. The Kier molecular flexibility index (Phi) is 26.0. The topological polar surface area (TPSA) is 772 Å². The standard InChI is InChI=1S/C100H102N4O40/c1-45(109)81(41-105)85(125,49(5)113)89(129,53(9)117)93(133,57(13)121)97(137,141-81)65-25-17-61(18-26-65)77-69-33-35-71(101-69)78(62-19-27-66(28-20-62)98(138)94(134,58(14)122)90(130,54(10)118)86(126,50(6)114)82(42-106,142-98)46(2)110)73-37-39-75(103-73)80(64-23-31-68(32-24-64)100(140)96(136,60(16)124)92(132,56(12)120)88(128,52(8)116)84(44-108,144-100)48(4)112)76-40-38-74(104-76)79(72-36-34-70(77)102-72)63-21-29-67(30-22-63)99(139)95(135,59(15)123)91(131,55(11)119)87(127,51(7)115)83(43-107,143-99)47(3)111/h17-40,101,104-108,125-140H,41-44H2,1-16H3/t81-,82-,83-,84-,85+,86+,87+,88+,89-,90-,91-,92-,93-,94-,95-,96-,97-,98-,99-,100-/m0/s1. The van der Waals surface area contributed by atoms with Gasteiger partial charge in [0.25, 0.3) is 0 Å². The molecule has 7 aromatic rings. The molecule has 4 aromatic carbocycles. The molecule has 20 atom stereocenters. The highest BCUT2D eigenvalue weighted by atomic mass is 16.7. The van der Waals surface area contributed by atoms with Crippen LogP contribution in [0.4, 0.5) is 0 Å². The van der Waals surface area contributed by atoms with Crippen LogP contribution in [0.1, 0.15) is 156 Å². The maximum atomic E-state index is 14.3. The molecule has 44 heteroatoms. The number of Topliss-reactive ketones (excluding diaryl/α,β-unsaturated/α-hetero) is 16. The van der Waals surface area contributed by atoms with Gasteiger partial charge in [0.15, 0.2) is 115 Å². The Balaban J connectivity index is 1.18. The van der Waals surface area contributed by atoms with Crippen LogP contribution in [-0.4, -0.2) is 331 Å². The van der Waals surface area contributed by atoms with E-state index in [9.17, 15) is 179 Å². The molecule has 0 unspecified atom stereocenters. The molecule has 9 heterocycles. The molecule has 22 N–H and O–H groups in total. The third-order valence-corrected chi connectivity index (χ3v) is 30.1. The Bertz CT molecular complexity index is 6290. The lowest BCUT2D eigenvalue weighted by molar-refractivity contribution is -0.433. The van der Waals surface area contributed by atoms with Gasteiger partial charge in [-0.1, -0.05) is 97.1 Å². The van der Waals surface area contributed by atoms with E-state index in [0.29, 0.717) is 111 Å². The first-order valence-electron chi connectivity index (χ1n) is 44.0. The van der Waals surface area contributed by atoms with Crippen LogP contribution in [0.2, 0.25) is 0 Å². The van der Waals surface area contributed by atoms with E-state index in [0.717, 1.165) is 97.1 Å². The fourth-order valence-electron chi connectivity index (χ4n) is 22.2. The van der Waals surface area contributed by atoms with Gasteiger partial charge in [-0.3, -0.25) is 76.7 Å². The van der Waals surface area contributed by atoms with Crippen LogP contribution in [0.5, 0.6) is 0 Å². The van der Waals surface area contributed by atoms with Crippen LogP contribution in [0.3, 0.4) is 0 Å². The Labute approximate surface area is 813 Å². The van der Waals surface area contributed by atoms with E-state index >= 15 is 0 Å². The number of H-pyrrole nitrogens is 2. The molecule has 4 fully saturated rings. The number of hydrogen-bond donors (Lipinski definition) is 22. The number of aromatic amines is 2. The van der Waals surface area contributed by atoms with Crippen LogP contribution in [-0.2, 0) is 119 Å². The highest BCUT2D eigenvalue weighted by Gasteiger charge is 2.93. The quantitative estimate of drug-likeness (QED) is 0.0235. The summed E-state index contributed by atoms with van der Waals surface area (Å²) in [4.78, 5) is 242. The highest BCUT2D eigenvalue weighted by molar-refractivity contribution is 6.15. The Morgan fingerprint density at radius 3 is 0.465 bits per heavy atom. The van der Waals surface area contributed by atoms with Gasteiger partial charge in [0, 0.05) is 66.6 Å². The lowest BCUT2D eigenvalue weighted by atomic mass is 9.53. The van der Waals surface area contributed by atoms with Gasteiger partial charge in [-0.15, -0.1) is 0 Å². The van der Waals surface area contributed by atoms with Gasteiger partial charge < -0.3 is 131 Å². The van der Waals surface area contributed by atoms with Gasteiger partial charge in [-0.05, 0) is 182 Å². The summed E-state index contributed by atoms with van der Waals surface area (Å²) in [5.41, 5.74) is -70.8. The minimum absolute atomic E-state index is 0.0857. The van der Waals surface area contributed by atoms with Crippen LogP contribution in [0.25, 0.3) is 90.9 Å². The molecule has 3 aromatic heterocycles. The fourth-order valence-corrected chi connectivity index (χ4v) is 22.2. The number of nitrogens with zero attached hydrogens (tertiary/aromatic N) is 2. The number of benzene rings is 4. The second kappa shape index (κ2) is 34.5. The predicted octanol–water partition coefficient (Wildman–Crippen LogP) is -2.85. The zero-order valence-corrected chi connectivity index (χ0v) is 79.7. The molecule has 0 spiro atoms. The van der Waals surface area contributed by atoms with E-state index in [1.165, 1.54) is 48.6 Å². The summed E-state index contributed by atoms with van der Waals surface area (Å²) in [6.07, 6.45) is 5.41. The number of ether oxygens (including phenoxy) is 4. The first-order chi connectivity index (χ1) is 66.4. The van der Waals surface area contributed by atoms with Crippen molar-refractivity contribution in [3.63, 3.8) is 0 Å². The molecule has 144 heavy (non-hydrogen) atoms. The van der Waals surface area contributed by atoms with Crippen molar-refractivity contribution in [2.75, 3.05) is 26.4 Å². The Hall–Kier alpha value is -12.8. The van der Waals surface area contributed by atoms with Crippen LogP contribution in [0, 0.1) is 0 Å². The van der Waals surface area contributed by atoms with E-state index in [-0.39, 0.29) is 89.4 Å². The summed E-state index contributed by atoms with van der Waals surface area (Å²) in [6.45, 7) is 0.747. The average molecular weight is 2000 g/mol. The number of nitrogens with one attached hydrogen (secondary N) is 2. The molecule has 0 amide bonds. The lowest BCUT2D eigenvalue weighted by Gasteiger charge is -2.64. The van der Waals surface area contributed by atoms with Crippen molar-refractivity contribution in [1.82, 2.24) is 19.9 Å². The number of aliphatic hydroxyl groups is 20. The molecule has 0 radical (unpaired) electrons. The SMILES string of the molecule is CC(=O)[C@]1(O)[C@@](O)(C(C)=O)[C@](CO)(C(C)=O)O[C@@](O)(c2ccc(-c3c4nc(c(-c5ccc([C@]6(O)O[C@@](CO)(C(C)=O)[C@](O)(C(C)=O)[C@@](O)(C(C)=O)[C@@]6(O)C(C)=O)cc5)c5ccc([nH]5)c(-c5ccc([C@]6(O)O[C@@](CO)(C(C)=O)[C@](O)(C(C)=O)[C@@](O)(C(C)=O)[C@@]6(O)C(C)=O)cc5)c5nc(c(-c6ccc([C@]7(O)O[C@@](CO)(C(C)=O)[C@](O)(C(C)=O)[C@@](O)(C(C)=O)[C@@]7(O)C(C)=O)cc6)c6ccc3[nH]6)C=C5)C=C4)cc2)[C@]1(O)C(C)=O. The third-order valence-electron chi connectivity index (χ3n) is 30.1. The molecule has 6 aliphatic heterocycles. The normalized spacial score (nSPS) is 34.9. The summed E-state index contributed by atoms with van der Waals surface area (Å²) in [7, 11) is 0. The third kappa shape index (κ3) is 12.6. The van der Waals surface area contributed by atoms with Gasteiger partial charge >= 0.3 is 0 Å².